The minimum atomic E-state index is -3.72. The molecule has 1 aromatic heterocycles. The summed E-state index contributed by atoms with van der Waals surface area (Å²) in [5, 5.41) is 9.16. The summed E-state index contributed by atoms with van der Waals surface area (Å²) < 4.78 is 22.8. The minimum Gasteiger partial charge on any atom is -0.324 e. The summed E-state index contributed by atoms with van der Waals surface area (Å²) in [5.41, 5.74) is 6.05. The zero-order valence-corrected chi connectivity index (χ0v) is 16.6. The number of primary sulfonamides is 1. The van der Waals surface area contributed by atoms with Crippen LogP contribution in [-0.2, 0) is 16.6 Å². The Morgan fingerprint density at radius 2 is 1.70 bits per heavy atom. The van der Waals surface area contributed by atoms with Crippen LogP contribution < -0.4 is 10.5 Å². The fourth-order valence-electron chi connectivity index (χ4n) is 3.41. The van der Waals surface area contributed by atoms with Crippen molar-refractivity contribution in [1.82, 2.24) is 9.97 Å². The van der Waals surface area contributed by atoms with E-state index in [4.69, 9.17) is 5.14 Å². The molecular formula is C22H17N5O2S. The van der Waals surface area contributed by atoms with Gasteiger partial charge in [0.05, 0.1) is 17.0 Å². The first-order valence-corrected chi connectivity index (χ1v) is 10.8. The van der Waals surface area contributed by atoms with Gasteiger partial charge in [0, 0.05) is 23.5 Å². The summed E-state index contributed by atoms with van der Waals surface area (Å²) in [7, 11) is -3.72. The lowest BCUT2D eigenvalue weighted by atomic mass is 9.99. The van der Waals surface area contributed by atoms with Gasteiger partial charge in [0.1, 0.15) is 0 Å². The third-order valence-corrected chi connectivity index (χ3v) is 5.92. The Balaban J connectivity index is 1.45. The predicted molar refractivity (Wildman–Crippen MR) is 117 cm³/mol. The topological polar surface area (TPSA) is 110 Å². The second kappa shape index (κ2) is 7.01. The second-order valence-electron chi connectivity index (χ2n) is 7.04. The number of aromatic nitrogens is 2. The van der Waals surface area contributed by atoms with Gasteiger partial charge in [0.2, 0.25) is 16.0 Å². The molecule has 0 amide bonds. The maximum absolute atomic E-state index is 11.4. The Morgan fingerprint density at radius 3 is 2.50 bits per heavy atom. The normalized spacial score (nSPS) is 12.8. The maximum atomic E-state index is 11.4. The van der Waals surface area contributed by atoms with Gasteiger partial charge in [-0.2, -0.15) is 0 Å². The molecule has 5 rings (SSSR count). The Hall–Kier alpha value is -3.62. The van der Waals surface area contributed by atoms with Crippen LogP contribution in [-0.4, -0.2) is 24.6 Å². The van der Waals surface area contributed by atoms with Crippen LogP contribution in [0, 0.1) is 0 Å². The molecular weight excluding hydrogens is 398 g/mol. The Morgan fingerprint density at radius 1 is 0.933 bits per heavy atom. The maximum Gasteiger partial charge on any atom is 0.238 e. The highest BCUT2D eigenvalue weighted by atomic mass is 32.2. The molecule has 0 saturated carbocycles. The Kier molecular flexibility index (Phi) is 4.30. The molecule has 0 fully saturated rings. The zero-order valence-electron chi connectivity index (χ0n) is 15.8. The number of rotatable bonds is 4. The SMILES string of the molecule is NS(=O)(=O)c1ccc(Nc2ncc3ccc(-c4ccc5c(c4)CN=C5)cc3n2)cc1. The van der Waals surface area contributed by atoms with Crippen molar-refractivity contribution in [2.45, 2.75) is 11.4 Å². The van der Waals surface area contributed by atoms with Crippen LogP contribution >= 0.6 is 0 Å². The lowest BCUT2D eigenvalue weighted by Gasteiger charge is -2.08. The van der Waals surface area contributed by atoms with Gasteiger partial charge in [-0.1, -0.05) is 24.3 Å². The number of hydrogen-bond donors (Lipinski definition) is 2. The second-order valence-corrected chi connectivity index (χ2v) is 8.61. The monoisotopic (exact) mass is 415 g/mol. The number of aliphatic imine (C=N–C) groups is 1. The standard InChI is InChI=1S/C22H17N5O2S/c23-30(28,29)20-7-5-19(6-8-20)26-22-25-13-17-4-2-15(10-21(17)27-22)14-1-3-16-11-24-12-18(16)9-14/h1-11,13H,12H2,(H2,23,28,29)(H,25,26,27). The van der Waals surface area contributed by atoms with E-state index in [1.54, 1.807) is 18.3 Å². The van der Waals surface area contributed by atoms with E-state index in [-0.39, 0.29) is 4.90 Å². The van der Waals surface area contributed by atoms with Crippen LogP contribution in [0.3, 0.4) is 0 Å². The van der Waals surface area contributed by atoms with Gasteiger partial charge < -0.3 is 5.32 Å². The number of sulfonamides is 1. The molecule has 8 heteroatoms. The van der Waals surface area contributed by atoms with Crippen molar-refractivity contribution < 1.29 is 8.42 Å². The van der Waals surface area contributed by atoms with Crippen molar-refractivity contribution in [3.8, 4) is 11.1 Å². The molecule has 0 spiro atoms. The molecule has 4 aromatic rings. The Bertz CT molecular complexity index is 1410. The van der Waals surface area contributed by atoms with Gasteiger partial charge in [-0.25, -0.2) is 23.5 Å². The highest BCUT2D eigenvalue weighted by Crippen LogP contribution is 2.27. The van der Waals surface area contributed by atoms with E-state index >= 15 is 0 Å². The number of anilines is 2. The lowest BCUT2D eigenvalue weighted by molar-refractivity contribution is 0.598. The average Bonchev–Trinajstić information content (AvgIpc) is 3.21. The molecule has 1 aliphatic rings. The van der Waals surface area contributed by atoms with Crippen LogP contribution in [0.5, 0.6) is 0 Å². The van der Waals surface area contributed by atoms with Crippen LogP contribution in [0.15, 0.2) is 76.7 Å². The third-order valence-electron chi connectivity index (χ3n) is 4.99. The summed E-state index contributed by atoms with van der Waals surface area (Å²) in [5.74, 6) is 0.422. The molecule has 0 saturated heterocycles. The van der Waals surface area contributed by atoms with Crippen LogP contribution in [0.25, 0.3) is 22.0 Å². The van der Waals surface area contributed by atoms with Gasteiger partial charge >= 0.3 is 0 Å². The molecule has 148 valence electrons. The van der Waals surface area contributed by atoms with Crippen molar-refractivity contribution in [3.05, 3.63) is 78.0 Å². The molecule has 30 heavy (non-hydrogen) atoms. The first-order chi connectivity index (χ1) is 14.5. The van der Waals surface area contributed by atoms with E-state index in [0.717, 1.165) is 28.6 Å². The number of benzene rings is 3. The molecule has 0 aliphatic carbocycles. The number of nitrogens with one attached hydrogen (secondary N) is 1. The molecule has 7 nitrogen and oxygen atoms in total. The summed E-state index contributed by atoms with van der Waals surface area (Å²) in [4.78, 5) is 13.3. The van der Waals surface area contributed by atoms with Crippen LogP contribution in [0.4, 0.5) is 11.6 Å². The number of nitrogens with two attached hydrogens (primary N) is 1. The smallest absolute Gasteiger partial charge is 0.238 e. The minimum absolute atomic E-state index is 0.0527. The summed E-state index contributed by atoms with van der Waals surface area (Å²) >= 11 is 0. The fourth-order valence-corrected chi connectivity index (χ4v) is 3.93. The van der Waals surface area contributed by atoms with Gasteiger partial charge in [0.25, 0.3) is 0 Å². The van der Waals surface area contributed by atoms with E-state index in [0.29, 0.717) is 11.6 Å². The van der Waals surface area contributed by atoms with Gasteiger partial charge in [-0.3, -0.25) is 4.99 Å². The van der Waals surface area contributed by atoms with Crippen molar-refractivity contribution in [1.29, 1.82) is 0 Å². The molecule has 0 radical (unpaired) electrons. The van der Waals surface area contributed by atoms with Gasteiger partial charge in [-0.05, 0) is 58.7 Å². The number of hydrogen-bond acceptors (Lipinski definition) is 6. The Labute approximate surface area is 173 Å². The highest BCUT2D eigenvalue weighted by molar-refractivity contribution is 7.89. The quantitative estimate of drug-likeness (QED) is 0.529. The third kappa shape index (κ3) is 3.54. The molecule has 0 bridgehead atoms. The van der Waals surface area contributed by atoms with Gasteiger partial charge in [-0.15, -0.1) is 0 Å². The molecule has 0 unspecified atom stereocenters. The van der Waals surface area contributed by atoms with Crippen molar-refractivity contribution in [2.24, 2.45) is 10.1 Å². The molecule has 3 N–H and O–H groups in total. The molecule has 2 heterocycles. The van der Waals surface area contributed by atoms with E-state index in [2.05, 4.69) is 44.5 Å². The largest absolute Gasteiger partial charge is 0.324 e. The molecule has 0 atom stereocenters. The van der Waals surface area contributed by atoms with Gasteiger partial charge in [0.15, 0.2) is 0 Å². The first-order valence-electron chi connectivity index (χ1n) is 9.25. The van der Waals surface area contributed by atoms with Crippen molar-refractivity contribution in [2.75, 3.05) is 5.32 Å². The molecule has 1 aliphatic heterocycles. The van der Waals surface area contributed by atoms with E-state index in [1.807, 2.05) is 18.3 Å². The van der Waals surface area contributed by atoms with Crippen LogP contribution in [0.1, 0.15) is 11.1 Å². The van der Waals surface area contributed by atoms with Crippen molar-refractivity contribution >= 4 is 38.8 Å². The number of fused-ring (bicyclic) bond motifs is 2. The molecule has 3 aromatic carbocycles. The summed E-state index contributed by atoms with van der Waals surface area (Å²) in [6.07, 6.45) is 3.66. The fraction of sp³-hybridized carbons (Fsp3) is 0.0455. The zero-order chi connectivity index (χ0) is 20.7. The van der Waals surface area contributed by atoms with E-state index in [1.165, 1.54) is 23.3 Å². The van der Waals surface area contributed by atoms with E-state index in [9.17, 15) is 8.42 Å². The summed E-state index contributed by atoms with van der Waals surface area (Å²) in [6.45, 7) is 0.719. The highest BCUT2D eigenvalue weighted by Gasteiger charge is 2.10. The van der Waals surface area contributed by atoms with Crippen LogP contribution in [0.2, 0.25) is 0 Å². The summed E-state index contributed by atoms with van der Waals surface area (Å²) in [6, 6.07) is 18.5. The lowest BCUT2D eigenvalue weighted by Crippen LogP contribution is -2.11. The van der Waals surface area contributed by atoms with Crippen molar-refractivity contribution in [3.63, 3.8) is 0 Å². The van der Waals surface area contributed by atoms with E-state index < -0.39 is 10.0 Å². The average molecular weight is 415 g/mol. The first kappa shape index (κ1) is 18.4. The predicted octanol–water partition coefficient (Wildman–Crippen LogP) is 3.62. The number of nitrogens with zero attached hydrogens (tertiary/aromatic N) is 3.